The van der Waals surface area contributed by atoms with Gasteiger partial charge in [-0.05, 0) is 77.0 Å². The van der Waals surface area contributed by atoms with Gasteiger partial charge in [-0.2, -0.15) is 0 Å². The largest absolute Gasteiger partial charge is 0.462 e. The summed E-state index contributed by atoms with van der Waals surface area (Å²) < 4.78 is 33.4. The minimum atomic E-state index is -1.79. The Morgan fingerprint density at radius 2 is 0.929 bits per heavy atom. The summed E-state index contributed by atoms with van der Waals surface area (Å²) in [6.45, 7) is 2.16. The van der Waals surface area contributed by atoms with Crippen molar-refractivity contribution < 1.29 is 73.8 Å². The highest BCUT2D eigenvalue weighted by molar-refractivity contribution is 5.70. The van der Waals surface area contributed by atoms with Crippen LogP contribution in [-0.4, -0.2) is 142 Å². The lowest BCUT2D eigenvalue weighted by Crippen LogP contribution is -2.61. The maximum absolute atomic E-state index is 12.9. The van der Waals surface area contributed by atoms with E-state index in [1.807, 2.05) is 54.7 Å². The topological polar surface area (TPSA) is 231 Å². The maximum atomic E-state index is 12.9. The lowest BCUT2D eigenvalue weighted by atomic mass is 9.98. The number of rotatable bonds is 35. The molecule has 11 atom stereocenters. The molecule has 0 saturated carbocycles. The van der Waals surface area contributed by atoms with Crippen molar-refractivity contribution in [3.05, 3.63) is 134 Å². The zero-order valence-corrected chi connectivity index (χ0v) is 41.2. The fraction of sp³-hybridized carbons (Fsp3) is 0.564. The van der Waals surface area contributed by atoms with Crippen LogP contribution in [-0.2, 0) is 38.0 Å². The minimum absolute atomic E-state index is 0.0495. The van der Waals surface area contributed by atoms with Crippen LogP contribution < -0.4 is 0 Å². The molecule has 392 valence electrons. The summed E-state index contributed by atoms with van der Waals surface area (Å²) in [5.41, 5.74) is 0. The van der Waals surface area contributed by atoms with Gasteiger partial charge in [0.05, 0.1) is 19.8 Å². The third-order valence-corrected chi connectivity index (χ3v) is 10.8. The van der Waals surface area contributed by atoms with Crippen LogP contribution in [0, 0.1) is 0 Å². The highest BCUT2D eigenvalue weighted by Crippen LogP contribution is 2.26. The first kappa shape index (κ1) is 61.8. The predicted molar refractivity (Wildman–Crippen MR) is 270 cm³/mol. The molecule has 15 nitrogen and oxygen atoms in total. The average molecular weight is 983 g/mol. The number of hydrogen-bond donors (Lipinski definition) is 7. The van der Waals surface area contributed by atoms with Gasteiger partial charge in [-0.15, -0.1) is 0 Å². The Morgan fingerprint density at radius 1 is 0.471 bits per heavy atom. The third kappa shape index (κ3) is 27.9. The number of esters is 2. The van der Waals surface area contributed by atoms with Gasteiger partial charge in [0, 0.05) is 12.8 Å². The maximum Gasteiger partial charge on any atom is 0.306 e. The van der Waals surface area contributed by atoms with E-state index in [0.717, 1.165) is 57.8 Å². The highest BCUT2D eigenvalue weighted by atomic mass is 16.7. The Balaban J connectivity index is 1.86. The van der Waals surface area contributed by atoms with Gasteiger partial charge in [-0.3, -0.25) is 9.59 Å². The second-order valence-electron chi connectivity index (χ2n) is 16.6. The standard InChI is InChI=1S/C55H82O15/c1-3-5-7-9-11-13-15-17-18-19-20-21-22-23-24-26-27-29-31-33-35-37-46(57)65-40-43(68-47(58)38-36-34-32-30-28-25-16-14-12-10-8-6-4-2)41-66-54-53(64)51(62)49(60)45(70-54)42-67-55-52(63)50(61)48(59)44(39-56)69-55/h5-8,10-14,16-18,20-21,23-25,27-30,32,43-45,48-56,59-64H,3-4,9,15,19,22,26,31,33-42H2,1-2H3/b7-5+,8-6+,12-10+,13-11+,16-14+,18-17+,21-20+,24-23+,28-25+,29-27+,32-30+/t43?,44-,45-,48+,49+,50?,51?,52?,53?,54-,55-/m1/s1. The molecule has 15 heteroatoms. The molecule has 2 aliphatic rings. The van der Waals surface area contributed by atoms with Gasteiger partial charge in [0.2, 0.25) is 0 Å². The zero-order chi connectivity index (χ0) is 51.0. The van der Waals surface area contributed by atoms with Gasteiger partial charge in [-0.1, -0.05) is 148 Å². The lowest BCUT2D eigenvalue weighted by molar-refractivity contribution is -0.332. The van der Waals surface area contributed by atoms with Crippen LogP contribution in [0.4, 0.5) is 0 Å². The molecule has 2 fully saturated rings. The molecule has 2 aliphatic heterocycles. The summed E-state index contributed by atoms with van der Waals surface area (Å²) >= 11 is 0. The second kappa shape index (κ2) is 40.3. The molecule has 0 amide bonds. The molecule has 0 aromatic heterocycles. The molecular weight excluding hydrogens is 901 g/mol. The summed E-state index contributed by atoms with van der Waals surface area (Å²) in [5.74, 6) is -1.08. The van der Waals surface area contributed by atoms with Crippen LogP contribution >= 0.6 is 0 Å². The predicted octanol–water partition coefficient (Wildman–Crippen LogP) is 6.70. The van der Waals surface area contributed by atoms with Crippen molar-refractivity contribution in [3.8, 4) is 0 Å². The molecule has 5 unspecified atom stereocenters. The first-order chi connectivity index (χ1) is 34.0. The van der Waals surface area contributed by atoms with E-state index in [1.54, 1.807) is 0 Å². The summed E-state index contributed by atoms with van der Waals surface area (Å²) in [6.07, 6.45) is 37.9. The first-order valence-corrected chi connectivity index (χ1v) is 24.8. The molecule has 2 heterocycles. The average Bonchev–Trinajstić information content (AvgIpc) is 3.35. The Kier molecular flexibility index (Phi) is 35.5. The number of aliphatic hydroxyl groups is 7. The SMILES string of the molecule is CC/C=C/C=C/C=C/C=C/C=C/CCCC(=O)OC(COC(=O)CCCC/C=C/C/C=C/C/C=C/C/C=C/C/C=C/C/C=C/CC)CO[C@@H]1O[C@H](CO[C@@H]2O[C@H](CO)[C@H](O)C(O)C2O)[C@H](O)C(O)C1O. The van der Waals surface area contributed by atoms with Crippen LogP contribution in [0.2, 0.25) is 0 Å². The Morgan fingerprint density at radius 3 is 1.49 bits per heavy atom. The third-order valence-electron chi connectivity index (χ3n) is 10.8. The molecular formula is C55H82O15. The normalized spacial score (nSPS) is 26.5. The number of ether oxygens (including phenoxy) is 6. The molecule has 70 heavy (non-hydrogen) atoms. The van der Waals surface area contributed by atoms with Gasteiger partial charge in [0.15, 0.2) is 18.7 Å². The van der Waals surface area contributed by atoms with E-state index in [2.05, 4.69) is 92.8 Å². The van der Waals surface area contributed by atoms with E-state index in [1.165, 1.54) is 0 Å². The minimum Gasteiger partial charge on any atom is -0.462 e. The molecule has 2 rings (SSSR count). The van der Waals surface area contributed by atoms with E-state index in [0.29, 0.717) is 19.3 Å². The molecule has 0 aromatic rings. The number of carbonyl (C=O) groups excluding carboxylic acids is 2. The number of hydrogen-bond acceptors (Lipinski definition) is 15. The number of carbonyl (C=O) groups is 2. The van der Waals surface area contributed by atoms with E-state index < -0.39 is 99.3 Å². The quantitative estimate of drug-likeness (QED) is 0.0152. The Hall–Kier alpha value is -4.36. The Labute approximate surface area is 415 Å². The second-order valence-corrected chi connectivity index (χ2v) is 16.6. The van der Waals surface area contributed by atoms with Gasteiger partial charge >= 0.3 is 11.9 Å². The zero-order valence-electron chi connectivity index (χ0n) is 41.2. The Bertz CT molecular complexity index is 1720. The van der Waals surface area contributed by atoms with Crippen molar-refractivity contribution in [2.75, 3.05) is 26.4 Å². The van der Waals surface area contributed by atoms with Crippen LogP contribution in [0.25, 0.3) is 0 Å². The van der Waals surface area contributed by atoms with Gasteiger partial charge < -0.3 is 64.2 Å². The molecule has 7 N–H and O–H groups in total. The molecule has 0 spiro atoms. The molecule has 0 radical (unpaired) electrons. The van der Waals surface area contributed by atoms with E-state index in [-0.39, 0.29) is 19.4 Å². The number of aliphatic hydroxyl groups excluding tert-OH is 7. The fourth-order valence-corrected chi connectivity index (χ4v) is 6.72. The van der Waals surface area contributed by atoms with Gasteiger partial charge in [0.1, 0.15) is 55.4 Å². The van der Waals surface area contributed by atoms with Crippen LogP contribution in [0.3, 0.4) is 0 Å². The molecule has 0 bridgehead atoms. The van der Waals surface area contributed by atoms with Gasteiger partial charge in [-0.25, -0.2) is 0 Å². The van der Waals surface area contributed by atoms with E-state index in [9.17, 15) is 45.3 Å². The highest BCUT2D eigenvalue weighted by Gasteiger charge is 2.47. The van der Waals surface area contributed by atoms with Crippen molar-refractivity contribution in [1.29, 1.82) is 0 Å². The number of allylic oxidation sites excluding steroid dienone is 22. The van der Waals surface area contributed by atoms with Gasteiger partial charge in [0.25, 0.3) is 0 Å². The van der Waals surface area contributed by atoms with Crippen molar-refractivity contribution in [1.82, 2.24) is 0 Å². The molecule has 2 saturated heterocycles. The van der Waals surface area contributed by atoms with Crippen molar-refractivity contribution in [3.63, 3.8) is 0 Å². The summed E-state index contributed by atoms with van der Waals surface area (Å²) in [7, 11) is 0. The monoisotopic (exact) mass is 983 g/mol. The van der Waals surface area contributed by atoms with Crippen LogP contribution in [0.1, 0.15) is 104 Å². The van der Waals surface area contributed by atoms with E-state index >= 15 is 0 Å². The van der Waals surface area contributed by atoms with Crippen LogP contribution in [0.15, 0.2) is 134 Å². The fourth-order valence-electron chi connectivity index (χ4n) is 6.72. The van der Waals surface area contributed by atoms with Crippen molar-refractivity contribution in [2.45, 2.75) is 171 Å². The van der Waals surface area contributed by atoms with Crippen molar-refractivity contribution in [2.24, 2.45) is 0 Å². The van der Waals surface area contributed by atoms with Crippen LogP contribution in [0.5, 0.6) is 0 Å². The molecule has 0 aliphatic carbocycles. The number of unbranched alkanes of at least 4 members (excludes halogenated alkanes) is 3. The lowest BCUT2D eigenvalue weighted by Gasteiger charge is -2.42. The summed E-state index contributed by atoms with van der Waals surface area (Å²) in [6, 6.07) is 0. The summed E-state index contributed by atoms with van der Waals surface area (Å²) in [4.78, 5) is 25.7. The van der Waals surface area contributed by atoms with Crippen molar-refractivity contribution >= 4 is 11.9 Å². The summed E-state index contributed by atoms with van der Waals surface area (Å²) in [5, 5.41) is 72.0. The van der Waals surface area contributed by atoms with E-state index in [4.69, 9.17) is 28.4 Å². The molecule has 0 aromatic carbocycles. The smallest absolute Gasteiger partial charge is 0.306 e. The first-order valence-electron chi connectivity index (χ1n) is 24.8.